The molecule has 0 aromatic heterocycles. The van der Waals surface area contributed by atoms with Gasteiger partial charge in [0.25, 0.3) is 0 Å². The van der Waals surface area contributed by atoms with Gasteiger partial charge in [-0.15, -0.1) is 0 Å². The van der Waals surface area contributed by atoms with E-state index in [9.17, 15) is 4.79 Å². The van der Waals surface area contributed by atoms with Gasteiger partial charge >= 0.3 is 0 Å². The number of ketones is 1. The van der Waals surface area contributed by atoms with Crippen molar-refractivity contribution in [2.75, 3.05) is 46.9 Å². The van der Waals surface area contributed by atoms with E-state index >= 15 is 0 Å². The lowest BCUT2D eigenvalue weighted by atomic mass is 9.97. The summed E-state index contributed by atoms with van der Waals surface area (Å²) < 4.78 is 5.25. The predicted octanol–water partition coefficient (Wildman–Crippen LogP) is 2.13. The summed E-state index contributed by atoms with van der Waals surface area (Å²) in [6.07, 6.45) is 0.595. The number of hydrogen-bond acceptors (Lipinski definition) is 4. The summed E-state index contributed by atoms with van der Waals surface area (Å²) in [5.74, 6) is 1.06. The van der Waals surface area contributed by atoms with Gasteiger partial charge in [0.15, 0.2) is 5.78 Å². The van der Waals surface area contributed by atoms with Crippen molar-refractivity contribution in [1.29, 1.82) is 0 Å². The van der Waals surface area contributed by atoms with Crippen LogP contribution >= 0.6 is 0 Å². The topological polar surface area (TPSA) is 32.8 Å². The molecule has 1 saturated heterocycles. The van der Waals surface area contributed by atoms with E-state index in [1.54, 1.807) is 7.11 Å². The third-order valence-corrected chi connectivity index (χ3v) is 4.27. The normalized spacial score (nSPS) is 17.0. The molecule has 1 heterocycles. The van der Waals surface area contributed by atoms with Gasteiger partial charge < -0.3 is 14.5 Å². The Hall–Kier alpha value is -1.39. The van der Waals surface area contributed by atoms with E-state index in [4.69, 9.17) is 4.74 Å². The van der Waals surface area contributed by atoms with Crippen molar-refractivity contribution in [2.24, 2.45) is 0 Å². The maximum absolute atomic E-state index is 12.5. The molecule has 1 fully saturated rings. The fourth-order valence-electron chi connectivity index (χ4n) is 2.94. The minimum atomic E-state index is 0.242. The Labute approximate surface area is 127 Å². The van der Waals surface area contributed by atoms with E-state index in [1.807, 2.05) is 26.0 Å². The fraction of sp³-hybridized carbons (Fsp3) is 0.588. The SMILES string of the molecule is COc1cc(C)c(C(=O)CCN2CCN(C)CC2)c(C)c1. The van der Waals surface area contributed by atoms with Gasteiger partial charge in [0, 0.05) is 44.7 Å². The standard InChI is InChI=1S/C17H26N2O2/c1-13-11-15(21-4)12-14(2)17(13)16(20)5-6-19-9-7-18(3)8-10-19/h11-12H,5-10H2,1-4H3. The maximum atomic E-state index is 12.5. The van der Waals surface area contributed by atoms with Crippen molar-refractivity contribution in [1.82, 2.24) is 9.80 Å². The minimum absolute atomic E-state index is 0.242. The van der Waals surface area contributed by atoms with Gasteiger partial charge in [-0.05, 0) is 44.2 Å². The summed E-state index contributed by atoms with van der Waals surface area (Å²) in [6.45, 7) is 9.13. The highest BCUT2D eigenvalue weighted by Gasteiger charge is 2.17. The molecular formula is C17H26N2O2. The van der Waals surface area contributed by atoms with E-state index in [0.29, 0.717) is 6.42 Å². The maximum Gasteiger partial charge on any atom is 0.164 e. The van der Waals surface area contributed by atoms with Gasteiger partial charge in [-0.3, -0.25) is 4.79 Å². The molecule has 1 aromatic rings. The van der Waals surface area contributed by atoms with Crippen LogP contribution in [0.25, 0.3) is 0 Å². The van der Waals surface area contributed by atoms with E-state index in [2.05, 4.69) is 16.8 Å². The molecular weight excluding hydrogens is 264 g/mol. The number of carbonyl (C=O) groups is 1. The minimum Gasteiger partial charge on any atom is -0.497 e. The molecule has 0 saturated carbocycles. The average molecular weight is 290 g/mol. The van der Waals surface area contributed by atoms with E-state index in [1.165, 1.54) is 0 Å². The van der Waals surface area contributed by atoms with Crippen LogP contribution in [0.3, 0.4) is 0 Å². The summed E-state index contributed by atoms with van der Waals surface area (Å²) in [5, 5.41) is 0. The number of nitrogens with zero attached hydrogens (tertiary/aromatic N) is 2. The number of rotatable bonds is 5. The van der Waals surface area contributed by atoms with E-state index < -0.39 is 0 Å². The number of hydrogen-bond donors (Lipinski definition) is 0. The Balaban J connectivity index is 1.97. The third-order valence-electron chi connectivity index (χ3n) is 4.27. The lowest BCUT2D eigenvalue weighted by Gasteiger charge is -2.32. The van der Waals surface area contributed by atoms with Crippen molar-refractivity contribution in [3.05, 3.63) is 28.8 Å². The highest BCUT2D eigenvalue weighted by Crippen LogP contribution is 2.23. The molecule has 1 aromatic carbocycles. The van der Waals surface area contributed by atoms with Crippen LogP contribution < -0.4 is 4.74 Å². The summed E-state index contributed by atoms with van der Waals surface area (Å²) in [5.41, 5.74) is 2.88. The van der Waals surface area contributed by atoms with Gasteiger partial charge in [0.1, 0.15) is 5.75 Å². The zero-order valence-corrected chi connectivity index (χ0v) is 13.6. The largest absolute Gasteiger partial charge is 0.497 e. The van der Waals surface area contributed by atoms with Gasteiger partial charge in [-0.1, -0.05) is 0 Å². The zero-order valence-electron chi connectivity index (χ0n) is 13.6. The molecule has 4 nitrogen and oxygen atoms in total. The summed E-state index contributed by atoms with van der Waals surface area (Å²) in [7, 11) is 3.80. The van der Waals surface area contributed by atoms with Crippen molar-refractivity contribution < 1.29 is 9.53 Å². The molecule has 0 N–H and O–H groups in total. The van der Waals surface area contributed by atoms with Crippen molar-refractivity contribution in [3.63, 3.8) is 0 Å². The number of Topliss-reactive ketones (excluding diaryl/α,β-unsaturated/α-hetero) is 1. The highest BCUT2D eigenvalue weighted by atomic mass is 16.5. The molecule has 1 aliphatic rings. The number of aryl methyl sites for hydroxylation is 2. The van der Waals surface area contributed by atoms with Crippen LogP contribution in [-0.4, -0.2) is 62.5 Å². The smallest absolute Gasteiger partial charge is 0.164 e. The van der Waals surface area contributed by atoms with Gasteiger partial charge in [-0.2, -0.15) is 0 Å². The molecule has 21 heavy (non-hydrogen) atoms. The first-order valence-corrected chi connectivity index (χ1v) is 7.60. The fourth-order valence-corrected chi connectivity index (χ4v) is 2.94. The Morgan fingerprint density at radius 2 is 1.71 bits per heavy atom. The number of carbonyl (C=O) groups excluding carboxylic acids is 1. The predicted molar refractivity (Wildman–Crippen MR) is 85.4 cm³/mol. The van der Waals surface area contributed by atoms with Crippen molar-refractivity contribution >= 4 is 5.78 Å². The van der Waals surface area contributed by atoms with Crippen molar-refractivity contribution in [3.8, 4) is 5.75 Å². The molecule has 2 rings (SSSR count). The molecule has 116 valence electrons. The second kappa shape index (κ2) is 7.05. The average Bonchev–Trinajstić information content (AvgIpc) is 2.45. The first kappa shape index (κ1) is 16.0. The molecule has 4 heteroatoms. The van der Waals surface area contributed by atoms with Gasteiger partial charge in [-0.25, -0.2) is 0 Å². The number of benzene rings is 1. The number of likely N-dealkylation sites (N-methyl/N-ethyl adjacent to an activating group) is 1. The van der Waals surface area contributed by atoms with Crippen LogP contribution in [0.5, 0.6) is 5.75 Å². The monoisotopic (exact) mass is 290 g/mol. The Morgan fingerprint density at radius 1 is 1.14 bits per heavy atom. The van der Waals surface area contributed by atoms with Gasteiger partial charge in [0.05, 0.1) is 7.11 Å². The number of methoxy groups -OCH3 is 1. The van der Waals surface area contributed by atoms with Crippen LogP contribution in [0, 0.1) is 13.8 Å². The van der Waals surface area contributed by atoms with E-state index in [0.717, 1.165) is 55.2 Å². The van der Waals surface area contributed by atoms with Crippen LogP contribution in [0.4, 0.5) is 0 Å². The molecule has 0 radical (unpaired) electrons. The van der Waals surface area contributed by atoms with Crippen LogP contribution in [0.15, 0.2) is 12.1 Å². The summed E-state index contributed by atoms with van der Waals surface area (Å²) in [6, 6.07) is 3.88. The molecule has 1 aliphatic heterocycles. The molecule has 0 spiro atoms. The number of ether oxygens (including phenoxy) is 1. The Bertz CT molecular complexity index is 483. The van der Waals surface area contributed by atoms with Crippen LogP contribution in [0.1, 0.15) is 27.9 Å². The second-order valence-electron chi connectivity index (χ2n) is 5.95. The first-order chi connectivity index (χ1) is 10.0. The Kier molecular flexibility index (Phi) is 5.37. The lowest BCUT2D eigenvalue weighted by molar-refractivity contribution is 0.0940. The lowest BCUT2D eigenvalue weighted by Crippen LogP contribution is -2.45. The second-order valence-corrected chi connectivity index (χ2v) is 5.95. The summed E-state index contributed by atoms with van der Waals surface area (Å²) >= 11 is 0. The van der Waals surface area contributed by atoms with Gasteiger partial charge in [0.2, 0.25) is 0 Å². The zero-order chi connectivity index (χ0) is 15.4. The summed E-state index contributed by atoms with van der Waals surface area (Å²) in [4.78, 5) is 17.2. The molecule has 0 amide bonds. The molecule has 0 unspecified atom stereocenters. The first-order valence-electron chi connectivity index (χ1n) is 7.60. The van der Waals surface area contributed by atoms with Crippen molar-refractivity contribution in [2.45, 2.75) is 20.3 Å². The number of piperazine rings is 1. The quantitative estimate of drug-likeness (QED) is 0.778. The van der Waals surface area contributed by atoms with E-state index in [-0.39, 0.29) is 5.78 Å². The molecule has 0 atom stereocenters. The third kappa shape index (κ3) is 4.05. The molecule has 0 aliphatic carbocycles. The highest BCUT2D eigenvalue weighted by molar-refractivity contribution is 5.99. The van der Waals surface area contributed by atoms with Crippen LogP contribution in [0.2, 0.25) is 0 Å². The Morgan fingerprint density at radius 3 is 2.24 bits per heavy atom. The molecule has 0 bridgehead atoms. The van der Waals surface area contributed by atoms with Crippen LogP contribution in [-0.2, 0) is 0 Å².